The minimum Gasteiger partial charge on any atom is -0.376 e. The highest BCUT2D eigenvalue weighted by atomic mass is 16.7. The van der Waals surface area contributed by atoms with Crippen molar-refractivity contribution in [2.75, 3.05) is 46.6 Å². The van der Waals surface area contributed by atoms with E-state index in [1.807, 2.05) is 0 Å². The second-order valence-corrected chi connectivity index (χ2v) is 6.20. The van der Waals surface area contributed by atoms with E-state index in [1.54, 1.807) is 7.11 Å². The number of methoxy groups -OCH3 is 1. The van der Waals surface area contributed by atoms with E-state index in [2.05, 4.69) is 12.2 Å². The summed E-state index contributed by atoms with van der Waals surface area (Å²) >= 11 is 0. The molecule has 0 spiro atoms. The third kappa shape index (κ3) is 3.25. The van der Waals surface area contributed by atoms with Crippen molar-refractivity contribution < 1.29 is 23.7 Å². The molecule has 0 aromatic carbocycles. The van der Waals surface area contributed by atoms with Crippen LogP contribution in [0.1, 0.15) is 19.8 Å². The summed E-state index contributed by atoms with van der Waals surface area (Å²) in [6.45, 7) is 6.51. The van der Waals surface area contributed by atoms with E-state index in [-0.39, 0.29) is 18.3 Å². The Bertz CT molecular complexity index is 336. The lowest BCUT2D eigenvalue weighted by atomic mass is 9.94. The fraction of sp³-hybridized carbons (Fsp3) is 1.00. The topological polar surface area (TPSA) is 58.2 Å². The zero-order valence-corrected chi connectivity index (χ0v) is 13.0. The minimum absolute atomic E-state index is 0.00888. The predicted octanol–water partition coefficient (Wildman–Crippen LogP) is 0.343. The molecular formula is C15H27NO5. The molecule has 0 amide bonds. The Balaban J connectivity index is 1.40. The second-order valence-electron chi connectivity index (χ2n) is 6.20. The van der Waals surface area contributed by atoms with Crippen LogP contribution in [0.25, 0.3) is 0 Å². The lowest BCUT2D eigenvalue weighted by Gasteiger charge is -2.29. The summed E-state index contributed by atoms with van der Waals surface area (Å²) in [5.74, 6) is 0. The van der Waals surface area contributed by atoms with Gasteiger partial charge in [-0.3, -0.25) is 0 Å². The highest BCUT2D eigenvalue weighted by molar-refractivity contribution is 5.05. The van der Waals surface area contributed by atoms with Crippen molar-refractivity contribution in [1.82, 2.24) is 5.32 Å². The van der Waals surface area contributed by atoms with Crippen LogP contribution >= 0.6 is 0 Å². The lowest BCUT2D eigenvalue weighted by molar-refractivity contribution is -0.106. The molecule has 6 heteroatoms. The molecule has 1 N–H and O–H groups in total. The molecule has 122 valence electrons. The highest BCUT2D eigenvalue weighted by Crippen LogP contribution is 2.39. The van der Waals surface area contributed by atoms with Crippen molar-refractivity contribution in [3.05, 3.63) is 0 Å². The van der Waals surface area contributed by atoms with E-state index >= 15 is 0 Å². The molecule has 0 radical (unpaired) electrons. The van der Waals surface area contributed by atoms with Crippen molar-refractivity contribution in [3.8, 4) is 0 Å². The van der Waals surface area contributed by atoms with Crippen LogP contribution in [0.2, 0.25) is 0 Å². The molecule has 21 heavy (non-hydrogen) atoms. The zero-order chi connectivity index (χ0) is 14.7. The molecule has 6 nitrogen and oxygen atoms in total. The van der Waals surface area contributed by atoms with Gasteiger partial charge in [0.15, 0.2) is 0 Å². The molecule has 0 aromatic heterocycles. The van der Waals surface area contributed by atoms with Crippen LogP contribution in [0.4, 0.5) is 0 Å². The molecule has 3 saturated heterocycles. The number of rotatable bonds is 6. The van der Waals surface area contributed by atoms with Crippen molar-refractivity contribution in [3.63, 3.8) is 0 Å². The Labute approximate surface area is 126 Å². The quantitative estimate of drug-likeness (QED) is 0.714. The van der Waals surface area contributed by atoms with Crippen molar-refractivity contribution in [2.24, 2.45) is 0 Å². The normalized spacial score (nSPS) is 40.6. The summed E-state index contributed by atoms with van der Waals surface area (Å²) in [6.07, 6.45) is 2.49. The van der Waals surface area contributed by atoms with Gasteiger partial charge in [-0.2, -0.15) is 0 Å². The fourth-order valence-corrected chi connectivity index (χ4v) is 3.48. The summed E-state index contributed by atoms with van der Waals surface area (Å²) in [5, 5.41) is 3.33. The van der Waals surface area contributed by atoms with Gasteiger partial charge in [0.05, 0.1) is 32.5 Å². The third-order valence-corrected chi connectivity index (χ3v) is 4.87. The van der Waals surface area contributed by atoms with Crippen LogP contribution in [0.5, 0.6) is 0 Å². The van der Waals surface area contributed by atoms with Gasteiger partial charge in [0, 0.05) is 7.11 Å². The second kappa shape index (κ2) is 6.89. The molecule has 2 unspecified atom stereocenters. The van der Waals surface area contributed by atoms with E-state index in [0.29, 0.717) is 32.5 Å². The first-order valence-corrected chi connectivity index (χ1v) is 7.96. The van der Waals surface area contributed by atoms with Gasteiger partial charge in [-0.25, -0.2) is 0 Å². The molecule has 3 heterocycles. The largest absolute Gasteiger partial charge is 0.376 e. The maximum atomic E-state index is 5.96. The van der Waals surface area contributed by atoms with E-state index < -0.39 is 5.60 Å². The molecule has 0 bridgehead atoms. The van der Waals surface area contributed by atoms with Gasteiger partial charge in [0.25, 0.3) is 0 Å². The van der Waals surface area contributed by atoms with E-state index in [4.69, 9.17) is 23.7 Å². The first-order chi connectivity index (χ1) is 10.2. The Morgan fingerprint density at radius 3 is 2.67 bits per heavy atom. The van der Waals surface area contributed by atoms with Gasteiger partial charge in [-0.05, 0) is 32.9 Å². The van der Waals surface area contributed by atoms with Crippen molar-refractivity contribution >= 4 is 0 Å². The summed E-state index contributed by atoms with van der Waals surface area (Å²) in [4.78, 5) is 0. The van der Waals surface area contributed by atoms with Crippen LogP contribution in [-0.4, -0.2) is 76.6 Å². The van der Waals surface area contributed by atoms with E-state index in [0.717, 1.165) is 25.9 Å². The van der Waals surface area contributed by atoms with Gasteiger partial charge in [-0.15, -0.1) is 0 Å². The van der Waals surface area contributed by atoms with Crippen LogP contribution in [-0.2, 0) is 23.7 Å². The van der Waals surface area contributed by atoms with Crippen LogP contribution < -0.4 is 5.32 Å². The monoisotopic (exact) mass is 301 g/mol. The van der Waals surface area contributed by atoms with Crippen molar-refractivity contribution in [1.29, 1.82) is 0 Å². The van der Waals surface area contributed by atoms with Gasteiger partial charge in [0.2, 0.25) is 0 Å². The molecule has 0 aliphatic carbocycles. The van der Waals surface area contributed by atoms with E-state index in [9.17, 15) is 0 Å². The minimum atomic E-state index is -0.393. The first-order valence-electron chi connectivity index (χ1n) is 7.96. The summed E-state index contributed by atoms with van der Waals surface area (Å²) in [5.41, 5.74) is -0.393. The molecule has 4 atom stereocenters. The van der Waals surface area contributed by atoms with E-state index in [1.165, 1.54) is 0 Å². The molecule has 3 rings (SSSR count). The number of ether oxygens (including phenoxy) is 5. The van der Waals surface area contributed by atoms with Crippen LogP contribution in [0.15, 0.2) is 0 Å². The van der Waals surface area contributed by atoms with Crippen LogP contribution in [0, 0.1) is 0 Å². The maximum absolute atomic E-state index is 5.96. The Hall–Kier alpha value is -0.240. The molecule has 0 aromatic rings. The smallest absolute Gasteiger partial charge is 0.122 e. The zero-order valence-electron chi connectivity index (χ0n) is 13.0. The van der Waals surface area contributed by atoms with Gasteiger partial charge >= 0.3 is 0 Å². The summed E-state index contributed by atoms with van der Waals surface area (Å²) in [7, 11) is 1.70. The van der Waals surface area contributed by atoms with Gasteiger partial charge in [0.1, 0.15) is 23.9 Å². The number of fused-ring (bicyclic) bond motifs is 1. The number of hydrogen-bond acceptors (Lipinski definition) is 6. The van der Waals surface area contributed by atoms with Crippen LogP contribution in [0.3, 0.4) is 0 Å². The molecule has 0 saturated carbocycles. The number of hydrogen-bond donors (Lipinski definition) is 1. The summed E-state index contributed by atoms with van der Waals surface area (Å²) in [6, 6.07) is 0. The fourth-order valence-electron chi connectivity index (χ4n) is 3.48. The number of nitrogens with one attached hydrogen (secondary N) is 1. The molecular weight excluding hydrogens is 274 g/mol. The Kier molecular flexibility index (Phi) is 5.14. The SMILES string of the molecule is CO[C@@H]1COC2(C)C1OC[C@H]2OCCOC1CCNCC1. The maximum Gasteiger partial charge on any atom is 0.122 e. The average Bonchev–Trinajstić information content (AvgIpc) is 3.00. The Morgan fingerprint density at radius 2 is 1.90 bits per heavy atom. The predicted molar refractivity (Wildman–Crippen MR) is 76.5 cm³/mol. The number of piperidine rings is 1. The molecule has 3 aliphatic rings. The van der Waals surface area contributed by atoms with Crippen molar-refractivity contribution in [2.45, 2.75) is 49.8 Å². The summed E-state index contributed by atoms with van der Waals surface area (Å²) < 4.78 is 28.9. The molecule has 3 aliphatic heterocycles. The average molecular weight is 301 g/mol. The lowest BCUT2D eigenvalue weighted by Crippen LogP contribution is -2.46. The third-order valence-electron chi connectivity index (χ3n) is 4.87. The molecule has 3 fully saturated rings. The highest BCUT2D eigenvalue weighted by Gasteiger charge is 2.57. The van der Waals surface area contributed by atoms with Gasteiger partial charge < -0.3 is 29.0 Å². The standard InChI is InChI=1S/C15H27NO5/c1-15-13(10-20-14(15)12(17-2)9-21-15)19-8-7-18-11-3-5-16-6-4-11/h11-14,16H,3-10H2,1-2H3/t12-,13-,14?,15?/m1/s1. The Morgan fingerprint density at radius 1 is 1.14 bits per heavy atom. The van der Waals surface area contributed by atoms with Gasteiger partial charge in [-0.1, -0.05) is 0 Å². The first kappa shape index (κ1) is 15.6.